The van der Waals surface area contributed by atoms with Crippen LogP contribution in [0, 0.1) is 5.92 Å². The quantitative estimate of drug-likeness (QED) is 0.761. The maximum absolute atomic E-state index is 12.9. The third-order valence-corrected chi connectivity index (χ3v) is 5.73. The van der Waals surface area contributed by atoms with Gasteiger partial charge in [0.15, 0.2) is 0 Å². The van der Waals surface area contributed by atoms with Gasteiger partial charge < -0.3 is 19.6 Å². The smallest absolute Gasteiger partial charge is 0.410 e. The van der Waals surface area contributed by atoms with Gasteiger partial charge in [-0.05, 0) is 52.4 Å². The van der Waals surface area contributed by atoms with Gasteiger partial charge in [0, 0.05) is 39.1 Å². The molecule has 0 spiro atoms. The Morgan fingerprint density at radius 1 is 1.17 bits per heavy atom. The second-order valence-electron chi connectivity index (χ2n) is 9.11. The molecule has 9 nitrogen and oxygen atoms in total. The van der Waals surface area contributed by atoms with Crippen molar-refractivity contribution in [1.82, 2.24) is 14.8 Å². The molecule has 2 amide bonds. The summed E-state index contributed by atoms with van der Waals surface area (Å²) in [7, 11) is 0. The number of aliphatic carboxylic acids is 1. The van der Waals surface area contributed by atoms with Crippen molar-refractivity contribution in [3.8, 4) is 0 Å². The van der Waals surface area contributed by atoms with Crippen LogP contribution in [-0.4, -0.2) is 88.0 Å². The van der Waals surface area contributed by atoms with E-state index in [0.717, 1.165) is 25.7 Å². The molecular formula is C20H32N4O5. The van der Waals surface area contributed by atoms with Gasteiger partial charge in [0.1, 0.15) is 17.4 Å². The Morgan fingerprint density at radius 3 is 2.48 bits per heavy atom. The molecule has 0 radical (unpaired) electrons. The van der Waals surface area contributed by atoms with Crippen LogP contribution in [-0.2, 0) is 14.3 Å². The van der Waals surface area contributed by atoms with Crippen LogP contribution in [0.25, 0.3) is 0 Å². The highest BCUT2D eigenvalue weighted by atomic mass is 16.6. The van der Waals surface area contributed by atoms with Gasteiger partial charge in [-0.25, -0.2) is 9.59 Å². The predicted octanol–water partition coefficient (Wildman–Crippen LogP) is 1.77. The molecule has 9 heteroatoms. The number of ether oxygens (including phenoxy) is 1. The molecule has 1 atom stereocenters. The highest BCUT2D eigenvalue weighted by Gasteiger charge is 2.39. The summed E-state index contributed by atoms with van der Waals surface area (Å²) in [6.07, 6.45) is 3.42. The van der Waals surface area contributed by atoms with Crippen molar-refractivity contribution in [2.45, 2.75) is 64.5 Å². The Hall–Kier alpha value is -2.32. The molecule has 0 aromatic carbocycles. The third kappa shape index (κ3) is 5.39. The van der Waals surface area contributed by atoms with E-state index in [1.807, 2.05) is 25.7 Å². The molecule has 3 aliphatic rings. The molecule has 162 valence electrons. The number of carboxylic acid groups (broad SMARTS) is 1. The molecule has 0 saturated carbocycles. The van der Waals surface area contributed by atoms with Crippen molar-refractivity contribution in [2.24, 2.45) is 11.0 Å². The molecule has 3 rings (SSSR count). The number of hydrogen-bond acceptors (Lipinski definition) is 6. The molecule has 0 aromatic rings. The number of amides is 2. The molecule has 1 N–H and O–H groups in total. The first kappa shape index (κ1) is 21.4. The predicted molar refractivity (Wildman–Crippen MR) is 107 cm³/mol. The van der Waals surface area contributed by atoms with Crippen molar-refractivity contribution >= 4 is 23.7 Å². The number of carboxylic acids is 1. The standard InChI is InChI=1S/C20H32N4O5/c1-20(2,3)29-19(28)23-11-6-14(7-12-23)5-10-22-8-4-9-24-16(17(22)25)13-15(21-24)18(26)27/h14,16H,4-13H2,1-3H3,(H,26,27). The third-order valence-electron chi connectivity index (χ3n) is 5.73. The number of likely N-dealkylation sites (tertiary alicyclic amines) is 1. The minimum absolute atomic E-state index is 0.0197. The number of rotatable bonds is 4. The average Bonchev–Trinajstić information content (AvgIpc) is 3.01. The van der Waals surface area contributed by atoms with E-state index < -0.39 is 17.6 Å². The first-order valence-electron chi connectivity index (χ1n) is 10.5. The summed E-state index contributed by atoms with van der Waals surface area (Å²) in [6.45, 7) is 8.92. The zero-order valence-electron chi connectivity index (χ0n) is 17.6. The Morgan fingerprint density at radius 2 is 1.86 bits per heavy atom. The summed E-state index contributed by atoms with van der Waals surface area (Å²) < 4.78 is 5.44. The lowest BCUT2D eigenvalue weighted by Crippen LogP contribution is -2.44. The summed E-state index contributed by atoms with van der Waals surface area (Å²) >= 11 is 0. The van der Waals surface area contributed by atoms with Crippen LogP contribution >= 0.6 is 0 Å². The van der Waals surface area contributed by atoms with E-state index in [4.69, 9.17) is 9.84 Å². The topological polar surface area (TPSA) is 103 Å². The summed E-state index contributed by atoms with van der Waals surface area (Å²) in [6, 6.07) is -0.474. The Balaban J connectivity index is 1.46. The molecule has 0 aliphatic carbocycles. The van der Waals surface area contributed by atoms with E-state index in [-0.39, 0.29) is 24.1 Å². The van der Waals surface area contributed by atoms with E-state index in [9.17, 15) is 14.4 Å². The zero-order valence-corrected chi connectivity index (χ0v) is 17.6. The number of piperidine rings is 1. The lowest BCUT2D eigenvalue weighted by atomic mass is 9.93. The fourth-order valence-electron chi connectivity index (χ4n) is 4.14. The number of hydrazone groups is 1. The average molecular weight is 408 g/mol. The molecule has 2 saturated heterocycles. The van der Waals surface area contributed by atoms with E-state index in [1.165, 1.54) is 0 Å². The number of hydrogen-bond donors (Lipinski definition) is 1. The van der Waals surface area contributed by atoms with Crippen LogP contribution in [0.1, 0.15) is 52.9 Å². The van der Waals surface area contributed by atoms with Crippen LogP contribution in [0.4, 0.5) is 4.79 Å². The summed E-state index contributed by atoms with van der Waals surface area (Å²) in [5.41, 5.74) is -0.418. The Bertz CT molecular complexity index is 679. The zero-order chi connectivity index (χ0) is 21.2. The molecule has 0 bridgehead atoms. The van der Waals surface area contributed by atoms with Gasteiger partial charge in [-0.15, -0.1) is 0 Å². The summed E-state index contributed by atoms with van der Waals surface area (Å²) in [5, 5.41) is 14.9. The minimum Gasteiger partial charge on any atom is -0.477 e. The first-order valence-corrected chi connectivity index (χ1v) is 10.5. The molecule has 29 heavy (non-hydrogen) atoms. The fourth-order valence-corrected chi connectivity index (χ4v) is 4.14. The van der Waals surface area contributed by atoms with Crippen LogP contribution in [0.2, 0.25) is 0 Å². The number of fused-ring (bicyclic) bond motifs is 1. The SMILES string of the molecule is CC(C)(C)OC(=O)N1CCC(CCN2CCCN3N=C(C(=O)O)CC3C2=O)CC1. The van der Waals surface area contributed by atoms with Crippen molar-refractivity contribution in [3.63, 3.8) is 0 Å². The first-order chi connectivity index (χ1) is 13.6. The Labute approximate surface area is 171 Å². The lowest BCUT2D eigenvalue weighted by molar-refractivity contribution is -0.135. The van der Waals surface area contributed by atoms with Gasteiger partial charge in [-0.3, -0.25) is 9.80 Å². The van der Waals surface area contributed by atoms with Gasteiger partial charge in [-0.2, -0.15) is 5.10 Å². The molecule has 2 fully saturated rings. The van der Waals surface area contributed by atoms with Gasteiger partial charge in [0.2, 0.25) is 5.91 Å². The molecule has 3 aliphatic heterocycles. The Kier molecular flexibility index (Phi) is 6.33. The number of carbonyl (C=O) groups excluding carboxylic acids is 2. The van der Waals surface area contributed by atoms with E-state index in [1.54, 1.807) is 9.91 Å². The summed E-state index contributed by atoms with van der Waals surface area (Å²) in [4.78, 5) is 39.9. The highest BCUT2D eigenvalue weighted by Crippen LogP contribution is 2.25. The van der Waals surface area contributed by atoms with Crippen molar-refractivity contribution in [1.29, 1.82) is 0 Å². The molecule has 1 unspecified atom stereocenters. The molecule has 3 heterocycles. The van der Waals surface area contributed by atoms with E-state index in [2.05, 4.69) is 5.10 Å². The molecule has 0 aromatic heterocycles. The van der Waals surface area contributed by atoms with E-state index in [0.29, 0.717) is 38.6 Å². The maximum atomic E-state index is 12.9. The number of nitrogens with zero attached hydrogens (tertiary/aromatic N) is 4. The summed E-state index contributed by atoms with van der Waals surface area (Å²) in [5.74, 6) is -0.599. The second kappa shape index (κ2) is 8.59. The van der Waals surface area contributed by atoms with Gasteiger partial charge >= 0.3 is 12.1 Å². The lowest BCUT2D eigenvalue weighted by Gasteiger charge is -2.34. The monoisotopic (exact) mass is 408 g/mol. The second-order valence-corrected chi connectivity index (χ2v) is 9.11. The molecular weight excluding hydrogens is 376 g/mol. The maximum Gasteiger partial charge on any atom is 0.410 e. The van der Waals surface area contributed by atoms with Gasteiger partial charge in [0.25, 0.3) is 0 Å². The van der Waals surface area contributed by atoms with Crippen LogP contribution in [0.3, 0.4) is 0 Å². The minimum atomic E-state index is -1.05. The van der Waals surface area contributed by atoms with Crippen molar-refractivity contribution < 1.29 is 24.2 Å². The van der Waals surface area contributed by atoms with Crippen LogP contribution in [0.5, 0.6) is 0 Å². The normalized spacial score (nSPS) is 23.6. The van der Waals surface area contributed by atoms with Crippen LogP contribution < -0.4 is 0 Å². The van der Waals surface area contributed by atoms with Crippen molar-refractivity contribution in [3.05, 3.63) is 0 Å². The van der Waals surface area contributed by atoms with Gasteiger partial charge in [0.05, 0.1) is 0 Å². The number of carbonyl (C=O) groups is 3. The van der Waals surface area contributed by atoms with Gasteiger partial charge in [-0.1, -0.05) is 0 Å². The highest BCUT2D eigenvalue weighted by molar-refractivity contribution is 6.36. The van der Waals surface area contributed by atoms with E-state index >= 15 is 0 Å². The fraction of sp³-hybridized carbons (Fsp3) is 0.800. The largest absolute Gasteiger partial charge is 0.477 e. The van der Waals surface area contributed by atoms with Crippen molar-refractivity contribution in [2.75, 3.05) is 32.7 Å². The van der Waals surface area contributed by atoms with Crippen LogP contribution in [0.15, 0.2) is 5.10 Å².